The van der Waals surface area contributed by atoms with Crippen LogP contribution in [0, 0.1) is 0 Å². The quantitative estimate of drug-likeness (QED) is 0.665. The summed E-state index contributed by atoms with van der Waals surface area (Å²) < 4.78 is 0. The Labute approximate surface area is 100 Å². The van der Waals surface area contributed by atoms with Gasteiger partial charge in [0.15, 0.2) is 0 Å². The van der Waals surface area contributed by atoms with Gasteiger partial charge < -0.3 is 20.2 Å². The Morgan fingerprint density at radius 2 is 1.65 bits per heavy atom. The van der Waals surface area contributed by atoms with Crippen LogP contribution in [0.15, 0.2) is 0 Å². The SMILES string of the molecule is CCCNC(=O)CN(C)C(=O)N(C)CC(=O)O. The number of hydrogen-bond acceptors (Lipinski definition) is 3. The topological polar surface area (TPSA) is 90.0 Å². The van der Waals surface area contributed by atoms with Crippen LogP contribution in [-0.2, 0) is 9.59 Å². The van der Waals surface area contributed by atoms with E-state index in [9.17, 15) is 14.4 Å². The molecule has 3 amide bonds. The van der Waals surface area contributed by atoms with Crippen LogP contribution in [0.2, 0.25) is 0 Å². The number of nitrogens with zero attached hydrogens (tertiary/aromatic N) is 2. The minimum Gasteiger partial charge on any atom is -0.480 e. The zero-order valence-electron chi connectivity index (χ0n) is 10.4. The number of carbonyl (C=O) groups is 3. The van der Waals surface area contributed by atoms with Crippen LogP contribution in [0.3, 0.4) is 0 Å². The molecule has 0 heterocycles. The second kappa shape index (κ2) is 7.48. The van der Waals surface area contributed by atoms with Gasteiger partial charge in [-0.2, -0.15) is 0 Å². The van der Waals surface area contributed by atoms with Crippen LogP contribution in [0.4, 0.5) is 4.79 Å². The van der Waals surface area contributed by atoms with Crippen molar-refractivity contribution in [1.29, 1.82) is 0 Å². The molecular formula is C10H19N3O4. The summed E-state index contributed by atoms with van der Waals surface area (Å²) in [6.07, 6.45) is 0.822. The first-order valence-electron chi connectivity index (χ1n) is 5.33. The second-order valence-electron chi connectivity index (χ2n) is 3.74. The average Bonchev–Trinajstić information content (AvgIpc) is 2.24. The first kappa shape index (κ1) is 15.2. The summed E-state index contributed by atoms with van der Waals surface area (Å²) in [5.41, 5.74) is 0. The number of aliphatic carboxylic acids is 1. The largest absolute Gasteiger partial charge is 0.480 e. The monoisotopic (exact) mass is 245 g/mol. The molecule has 0 saturated heterocycles. The van der Waals surface area contributed by atoms with Crippen molar-refractivity contribution in [3.05, 3.63) is 0 Å². The maximum atomic E-state index is 11.6. The van der Waals surface area contributed by atoms with Crippen LogP contribution in [0.5, 0.6) is 0 Å². The summed E-state index contributed by atoms with van der Waals surface area (Å²) in [4.78, 5) is 35.5. The van der Waals surface area contributed by atoms with Crippen molar-refractivity contribution in [1.82, 2.24) is 15.1 Å². The lowest BCUT2D eigenvalue weighted by atomic mass is 10.4. The predicted octanol–water partition coefficient (Wildman–Crippen LogP) is -0.419. The molecule has 7 nitrogen and oxygen atoms in total. The van der Waals surface area contributed by atoms with E-state index in [4.69, 9.17) is 5.11 Å². The highest BCUT2D eigenvalue weighted by atomic mass is 16.4. The van der Waals surface area contributed by atoms with Gasteiger partial charge in [-0.15, -0.1) is 0 Å². The smallest absolute Gasteiger partial charge is 0.323 e. The van der Waals surface area contributed by atoms with Crippen molar-refractivity contribution < 1.29 is 19.5 Å². The predicted molar refractivity (Wildman–Crippen MR) is 61.6 cm³/mol. The molecule has 0 spiro atoms. The van der Waals surface area contributed by atoms with Gasteiger partial charge in [-0.05, 0) is 6.42 Å². The number of hydrogen-bond donors (Lipinski definition) is 2. The number of rotatable bonds is 6. The molecule has 0 atom stereocenters. The Bertz CT molecular complexity index is 293. The van der Waals surface area contributed by atoms with Crippen LogP contribution in [0.1, 0.15) is 13.3 Å². The third kappa shape index (κ3) is 6.39. The molecule has 0 aliphatic rings. The van der Waals surface area contributed by atoms with Gasteiger partial charge in [-0.1, -0.05) is 6.92 Å². The van der Waals surface area contributed by atoms with Crippen LogP contribution >= 0.6 is 0 Å². The van der Waals surface area contributed by atoms with Gasteiger partial charge in [0.05, 0.1) is 0 Å². The summed E-state index contributed by atoms with van der Waals surface area (Å²) in [5.74, 6) is -1.35. The molecule has 0 aromatic heterocycles. The average molecular weight is 245 g/mol. The molecule has 2 N–H and O–H groups in total. The van der Waals surface area contributed by atoms with E-state index in [0.29, 0.717) is 6.54 Å². The highest BCUT2D eigenvalue weighted by molar-refractivity contribution is 5.85. The first-order valence-corrected chi connectivity index (χ1v) is 5.33. The van der Waals surface area contributed by atoms with E-state index in [-0.39, 0.29) is 19.0 Å². The lowest BCUT2D eigenvalue weighted by Gasteiger charge is -2.23. The molecule has 98 valence electrons. The van der Waals surface area contributed by atoms with Crippen molar-refractivity contribution in [3.63, 3.8) is 0 Å². The Balaban J connectivity index is 4.12. The van der Waals surface area contributed by atoms with Gasteiger partial charge in [0, 0.05) is 20.6 Å². The van der Waals surface area contributed by atoms with Gasteiger partial charge >= 0.3 is 12.0 Å². The molecule has 0 saturated carbocycles. The molecule has 0 aliphatic carbocycles. The molecule has 0 aromatic rings. The maximum absolute atomic E-state index is 11.6. The van der Waals surface area contributed by atoms with Gasteiger partial charge in [0.1, 0.15) is 13.1 Å². The van der Waals surface area contributed by atoms with Crippen LogP contribution < -0.4 is 5.32 Å². The van der Waals surface area contributed by atoms with Gasteiger partial charge in [0.25, 0.3) is 0 Å². The van der Waals surface area contributed by atoms with Gasteiger partial charge in [-0.25, -0.2) is 4.79 Å². The molecule has 0 rings (SSSR count). The Morgan fingerprint density at radius 3 is 2.12 bits per heavy atom. The maximum Gasteiger partial charge on any atom is 0.323 e. The number of amides is 3. The number of nitrogens with one attached hydrogen (secondary N) is 1. The summed E-state index contributed by atoms with van der Waals surface area (Å²) in [5, 5.41) is 11.2. The Hall–Kier alpha value is -1.79. The molecule has 0 fully saturated rings. The summed E-state index contributed by atoms with van der Waals surface area (Å²) >= 11 is 0. The number of likely N-dealkylation sites (N-methyl/N-ethyl adjacent to an activating group) is 2. The lowest BCUT2D eigenvalue weighted by Crippen LogP contribution is -2.45. The minimum atomic E-state index is -1.09. The fourth-order valence-electron chi connectivity index (χ4n) is 1.17. The molecule has 0 aromatic carbocycles. The minimum absolute atomic E-state index is 0.0806. The van der Waals surface area contributed by atoms with E-state index in [1.807, 2.05) is 6.92 Å². The molecular weight excluding hydrogens is 226 g/mol. The van der Waals surface area contributed by atoms with E-state index in [0.717, 1.165) is 11.3 Å². The Morgan fingerprint density at radius 1 is 1.12 bits per heavy atom. The zero-order valence-corrected chi connectivity index (χ0v) is 10.4. The van der Waals surface area contributed by atoms with E-state index in [2.05, 4.69) is 5.32 Å². The standard InChI is InChI=1S/C10H19N3O4/c1-4-5-11-8(14)6-12(2)10(17)13(3)7-9(15)16/h4-7H2,1-3H3,(H,11,14)(H,15,16). The van der Waals surface area contributed by atoms with Crippen molar-refractivity contribution in [3.8, 4) is 0 Å². The second-order valence-corrected chi connectivity index (χ2v) is 3.74. The summed E-state index contributed by atoms with van der Waals surface area (Å²) in [7, 11) is 2.82. The summed E-state index contributed by atoms with van der Waals surface area (Å²) in [6.45, 7) is 2.02. The lowest BCUT2D eigenvalue weighted by molar-refractivity contribution is -0.137. The molecule has 0 bridgehead atoms. The number of carbonyl (C=O) groups excluding carboxylic acids is 2. The van der Waals surface area contributed by atoms with Gasteiger partial charge in [-0.3, -0.25) is 9.59 Å². The highest BCUT2D eigenvalue weighted by Gasteiger charge is 2.18. The van der Waals surface area contributed by atoms with Crippen molar-refractivity contribution >= 4 is 17.9 Å². The number of carboxylic acid groups (broad SMARTS) is 1. The fraction of sp³-hybridized carbons (Fsp3) is 0.700. The molecule has 0 unspecified atom stereocenters. The first-order chi connectivity index (χ1) is 7.88. The third-order valence-electron chi connectivity index (χ3n) is 1.98. The molecule has 17 heavy (non-hydrogen) atoms. The van der Waals surface area contributed by atoms with Crippen molar-refractivity contribution in [2.24, 2.45) is 0 Å². The normalized spacial score (nSPS) is 9.59. The third-order valence-corrected chi connectivity index (χ3v) is 1.98. The molecule has 0 radical (unpaired) electrons. The van der Waals surface area contributed by atoms with E-state index < -0.39 is 12.0 Å². The molecule has 7 heteroatoms. The van der Waals surface area contributed by atoms with Crippen LogP contribution in [0.25, 0.3) is 0 Å². The van der Waals surface area contributed by atoms with Crippen molar-refractivity contribution in [2.75, 3.05) is 33.7 Å². The van der Waals surface area contributed by atoms with E-state index >= 15 is 0 Å². The van der Waals surface area contributed by atoms with Crippen LogP contribution in [-0.4, -0.2) is 66.5 Å². The molecule has 0 aliphatic heterocycles. The van der Waals surface area contributed by atoms with E-state index in [1.54, 1.807) is 0 Å². The van der Waals surface area contributed by atoms with Crippen molar-refractivity contribution in [2.45, 2.75) is 13.3 Å². The summed E-state index contributed by atoms with van der Waals surface area (Å²) in [6, 6.07) is -0.501. The number of carboxylic acids is 1. The zero-order chi connectivity index (χ0) is 13.4. The number of urea groups is 1. The fourth-order valence-corrected chi connectivity index (χ4v) is 1.17. The van der Waals surface area contributed by atoms with Gasteiger partial charge in [0.2, 0.25) is 5.91 Å². The highest BCUT2D eigenvalue weighted by Crippen LogP contribution is 1.93. The van der Waals surface area contributed by atoms with E-state index in [1.165, 1.54) is 19.0 Å². The Kier molecular flexibility index (Phi) is 6.69.